The van der Waals surface area contributed by atoms with Gasteiger partial charge in [0.05, 0.1) is 36.9 Å². The average molecular weight is 1250 g/mol. The van der Waals surface area contributed by atoms with E-state index >= 15 is 0 Å². The van der Waals surface area contributed by atoms with Gasteiger partial charge >= 0.3 is 13.1 Å². The molecule has 0 saturated carbocycles. The van der Waals surface area contributed by atoms with Gasteiger partial charge in [-0.25, -0.2) is 4.39 Å². The van der Waals surface area contributed by atoms with Crippen molar-refractivity contribution in [1.82, 2.24) is 0 Å². The molecule has 89 heavy (non-hydrogen) atoms. The molecule has 0 spiro atoms. The molecule has 1 aliphatic rings. The Morgan fingerprint density at radius 1 is 0.517 bits per heavy atom. The lowest BCUT2D eigenvalue weighted by Crippen LogP contribution is -2.47. The van der Waals surface area contributed by atoms with E-state index in [2.05, 4.69) is 265 Å². The van der Waals surface area contributed by atoms with Crippen LogP contribution in [0.5, 0.6) is 0 Å². The Labute approximate surface area is 545 Å². The molecule has 5 aromatic carbocycles. The molecule has 0 bridgehead atoms. The lowest BCUT2D eigenvalue weighted by atomic mass is 9.67. The van der Waals surface area contributed by atoms with Crippen LogP contribution in [-0.2, 0) is 57.8 Å². The summed E-state index contributed by atoms with van der Waals surface area (Å²) in [5, 5.41) is 0.388. The molecule has 1 heterocycles. The van der Waals surface area contributed by atoms with Crippen LogP contribution in [-0.4, -0.2) is 60.2 Å². The highest BCUT2D eigenvalue weighted by Crippen LogP contribution is 2.46. The molecule has 5 aromatic rings. The highest BCUT2D eigenvalue weighted by Gasteiger charge is 2.52. The number of esters is 1. The van der Waals surface area contributed by atoms with Crippen LogP contribution in [0, 0.1) is 44.3 Å². The third kappa shape index (κ3) is 17.4. The lowest BCUT2D eigenvalue weighted by molar-refractivity contribution is -0.139. The molecular weight excluding hydrogens is 1130 g/mol. The summed E-state index contributed by atoms with van der Waals surface area (Å²) in [6.07, 6.45) is 8.50. The number of ether oxygens (including phenoxy) is 1. The molecule has 0 amide bonds. The van der Waals surface area contributed by atoms with Gasteiger partial charge < -0.3 is 22.9 Å². The highest BCUT2D eigenvalue weighted by molar-refractivity contribution is 6.74. The van der Waals surface area contributed by atoms with E-state index < -0.39 is 28.4 Å². The predicted octanol–water partition coefficient (Wildman–Crippen LogP) is 21.4. The molecule has 6 rings (SSSR count). The molecule has 1 aliphatic heterocycles. The van der Waals surface area contributed by atoms with Gasteiger partial charge in [-0.3, -0.25) is 4.79 Å². The Balaban J connectivity index is 0.000000325. The molecule has 1 fully saturated rings. The van der Waals surface area contributed by atoms with Crippen LogP contribution in [0.15, 0.2) is 91.0 Å². The number of benzene rings is 5. The van der Waals surface area contributed by atoms with Crippen molar-refractivity contribution in [3.8, 4) is 11.1 Å². The summed E-state index contributed by atoms with van der Waals surface area (Å²) in [6, 6.07) is 33.0. The first-order valence-electron chi connectivity index (χ1n) is 33.8. The zero-order valence-electron chi connectivity index (χ0n) is 61.6. The van der Waals surface area contributed by atoms with Gasteiger partial charge in [0, 0.05) is 10.8 Å². The highest BCUT2D eigenvalue weighted by atomic mass is 28.4. The normalized spacial score (nSPS) is 15.8. The summed E-state index contributed by atoms with van der Waals surface area (Å²) in [6.45, 7) is 63.9. The van der Waals surface area contributed by atoms with E-state index in [1.807, 2.05) is 6.07 Å². The molecule has 0 N–H and O–H groups in total. The summed E-state index contributed by atoms with van der Waals surface area (Å²) >= 11 is 0. The van der Waals surface area contributed by atoms with Gasteiger partial charge in [-0.05, 0) is 232 Å². The number of halogens is 1. The quantitative estimate of drug-likeness (QED) is 0.0508. The van der Waals surface area contributed by atoms with Gasteiger partial charge in [0.25, 0.3) is 0 Å². The minimum absolute atomic E-state index is 0.0398. The van der Waals surface area contributed by atoms with Crippen LogP contribution < -0.4 is 5.46 Å². The minimum Gasteiger partial charge on any atom is -0.469 e. The summed E-state index contributed by atoms with van der Waals surface area (Å²) < 4.78 is 46.4. The molecule has 492 valence electrons. The standard InChI is InChI=1S/C41H59FO3Si.C38H63BO3Si/c1-14-41(15-2,34-21-22-35(29(4)25-34)31-16-17-32(36(42)26-31)27-38(43)44-11)33-20-18-30(28(3)24-33)19-23-37(39(5,6)7)45-46(12,13)40(8,9)10;1-17-38(18-2,31-22-23-32(28(4)26-31)39-41-36(11,12)37(13,14)42-39)30-21-19-29(27(3)25-30)20-24-33(34(5,6)7)40-43(15,16)35(8,9)10/h16-18,20-22,24-26,37H,14-15,19,23,27H2,1-13H3;19,21-23,25-26,33H,17-18,20,24H2,1-16H3. The van der Waals surface area contributed by atoms with Crippen molar-refractivity contribution in [3.63, 3.8) is 0 Å². The first kappa shape index (κ1) is 75.6. The van der Waals surface area contributed by atoms with Gasteiger partial charge in [-0.1, -0.05) is 201 Å². The van der Waals surface area contributed by atoms with Crippen molar-refractivity contribution >= 4 is 35.2 Å². The van der Waals surface area contributed by atoms with Crippen LogP contribution >= 0.6 is 0 Å². The van der Waals surface area contributed by atoms with Crippen LogP contribution in [0.1, 0.15) is 238 Å². The molecule has 10 heteroatoms. The SMILES string of the molecule is CCC(CC)(c1ccc(CCC(O[Si](C)(C)C(C)(C)C)C(C)(C)C)c(C)c1)c1ccc(-c2ccc(CC(=O)OC)c(F)c2)c(C)c1.CCC(CC)(c1ccc(CCC(O[Si](C)(C)C(C)(C)C)C(C)(C)C)c(C)c1)c1ccc(B2OC(C)(C)C(C)(C)O2)c(C)c1. The van der Waals surface area contributed by atoms with Crippen LogP contribution in [0.2, 0.25) is 36.3 Å². The van der Waals surface area contributed by atoms with E-state index in [4.69, 9.17) is 22.9 Å². The maximum absolute atomic E-state index is 14.9. The van der Waals surface area contributed by atoms with E-state index in [9.17, 15) is 9.18 Å². The number of carbonyl (C=O) groups is 1. The van der Waals surface area contributed by atoms with Gasteiger partial charge in [-0.2, -0.15) is 0 Å². The molecule has 0 aliphatic carbocycles. The lowest BCUT2D eigenvalue weighted by Gasteiger charge is -2.43. The van der Waals surface area contributed by atoms with Gasteiger partial charge in [0.2, 0.25) is 0 Å². The van der Waals surface area contributed by atoms with E-state index in [0.717, 1.165) is 73.5 Å². The number of carbonyl (C=O) groups excluding carboxylic acids is 1. The third-order valence-corrected chi connectivity index (χ3v) is 31.0. The molecule has 6 nitrogen and oxygen atoms in total. The smallest absolute Gasteiger partial charge is 0.469 e. The van der Waals surface area contributed by atoms with Crippen LogP contribution in [0.4, 0.5) is 4.39 Å². The molecule has 1 saturated heterocycles. The van der Waals surface area contributed by atoms with Crippen molar-refractivity contribution in [3.05, 3.63) is 158 Å². The van der Waals surface area contributed by atoms with E-state index in [1.54, 1.807) is 6.07 Å². The monoisotopic (exact) mass is 1250 g/mol. The number of hydrogen-bond acceptors (Lipinski definition) is 6. The molecular formula is C79H122BFO6Si2. The number of methoxy groups -OCH3 is 1. The fourth-order valence-corrected chi connectivity index (χ4v) is 15.6. The zero-order chi connectivity index (χ0) is 67.5. The maximum atomic E-state index is 14.9. The minimum atomic E-state index is -1.89. The second-order valence-corrected chi connectivity index (χ2v) is 42.2. The Hall–Kier alpha value is -4.16. The summed E-state index contributed by atoms with van der Waals surface area (Å²) in [5.41, 5.74) is 15.9. The second kappa shape index (κ2) is 28.6. The Morgan fingerprint density at radius 2 is 0.876 bits per heavy atom. The van der Waals surface area contributed by atoms with Gasteiger partial charge in [0.1, 0.15) is 5.82 Å². The zero-order valence-corrected chi connectivity index (χ0v) is 63.6. The second-order valence-electron chi connectivity index (χ2n) is 32.7. The van der Waals surface area contributed by atoms with Gasteiger partial charge in [-0.15, -0.1) is 0 Å². The fourth-order valence-electron chi connectivity index (χ4n) is 12.6. The molecule has 2 atom stereocenters. The first-order chi connectivity index (χ1) is 40.8. The van der Waals surface area contributed by atoms with E-state index in [1.165, 1.54) is 63.2 Å². The fraction of sp³-hybridized carbons (Fsp3) is 0.608. The maximum Gasteiger partial charge on any atom is 0.495 e. The van der Waals surface area contributed by atoms with Crippen molar-refractivity contribution in [2.24, 2.45) is 10.8 Å². The van der Waals surface area contributed by atoms with Crippen molar-refractivity contribution < 1.29 is 32.1 Å². The van der Waals surface area contributed by atoms with E-state index in [-0.39, 0.29) is 68.7 Å². The summed E-state index contributed by atoms with van der Waals surface area (Å²) in [5.74, 6) is -0.838. The number of hydrogen-bond donors (Lipinski definition) is 0. The molecule has 0 radical (unpaired) electrons. The van der Waals surface area contributed by atoms with Crippen molar-refractivity contribution in [1.29, 1.82) is 0 Å². The molecule has 2 unspecified atom stereocenters. The van der Waals surface area contributed by atoms with Gasteiger partial charge in [0.15, 0.2) is 16.6 Å². The van der Waals surface area contributed by atoms with Crippen molar-refractivity contribution in [2.75, 3.05) is 7.11 Å². The van der Waals surface area contributed by atoms with Crippen molar-refractivity contribution in [2.45, 2.75) is 294 Å². The Bertz CT molecular complexity index is 3180. The third-order valence-electron chi connectivity index (χ3n) is 22.0. The number of aryl methyl sites for hydroxylation is 6. The summed E-state index contributed by atoms with van der Waals surface area (Å²) in [4.78, 5) is 11.7. The predicted molar refractivity (Wildman–Crippen MR) is 384 cm³/mol. The Kier molecular flexibility index (Phi) is 24.3. The van der Waals surface area contributed by atoms with E-state index in [0.29, 0.717) is 5.56 Å². The first-order valence-corrected chi connectivity index (χ1v) is 39.6. The average Bonchev–Trinajstić information content (AvgIpc) is 1.87. The Morgan fingerprint density at radius 3 is 1.20 bits per heavy atom. The summed E-state index contributed by atoms with van der Waals surface area (Å²) in [7, 11) is -2.77. The number of rotatable bonds is 22. The van der Waals surface area contributed by atoms with Crippen LogP contribution in [0.25, 0.3) is 11.1 Å². The topological polar surface area (TPSA) is 63.2 Å². The molecule has 0 aromatic heterocycles. The largest absolute Gasteiger partial charge is 0.495 e. The van der Waals surface area contributed by atoms with Crippen LogP contribution in [0.3, 0.4) is 0 Å².